The summed E-state index contributed by atoms with van der Waals surface area (Å²) < 4.78 is 44.4. The van der Waals surface area contributed by atoms with Crippen molar-refractivity contribution in [1.82, 2.24) is 9.88 Å². The highest BCUT2D eigenvalue weighted by atomic mass is 19.4. The van der Waals surface area contributed by atoms with E-state index in [9.17, 15) is 18.0 Å². The van der Waals surface area contributed by atoms with Crippen molar-refractivity contribution in [3.05, 3.63) is 89.1 Å². The van der Waals surface area contributed by atoms with Crippen LogP contribution in [0.2, 0.25) is 0 Å². The number of ether oxygens (including phenoxy) is 1. The summed E-state index contributed by atoms with van der Waals surface area (Å²) in [5.74, 6) is 1.55. The van der Waals surface area contributed by atoms with Gasteiger partial charge < -0.3 is 15.0 Å². The summed E-state index contributed by atoms with van der Waals surface area (Å²) in [7, 11) is 0. The number of hydrogen-bond donors (Lipinski definition) is 1. The van der Waals surface area contributed by atoms with Gasteiger partial charge in [-0.1, -0.05) is 24.3 Å². The first-order valence-corrected chi connectivity index (χ1v) is 11.2. The van der Waals surface area contributed by atoms with Crippen LogP contribution in [0.4, 0.5) is 19.0 Å². The average molecular weight is 470 g/mol. The Morgan fingerprint density at radius 2 is 1.82 bits per heavy atom. The molecule has 0 spiro atoms. The lowest BCUT2D eigenvalue weighted by atomic mass is 10.0. The fraction of sp³-hybridized carbons (Fsp3) is 0.308. The summed E-state index contributed by atoms with van der Waals surface area (Å²) in [6, 6.07) is 16.5. The lowest BCUT2D eigenvalue weighted by Gasteiger charge is -2.22. The Morgan fingerprint density at radius 1 is 1.00 bits per heavy atom. The average Bonchev–Trinajstić information content (AvgIpc) is 2.98. The molecule has 1 N–H and O–H groups in total. The van der Waals surface area contributed by atoms with Crippen molar-refractivity contribution in [3.8, 4) is 5.75 Å². The maximum absolute atomic E-state index is 12.8. The van der Waals surface area contributed by atoms with Crippen molar-refractivity contribution in [2.75, 3.05) is 18.5 Å². The van der Waals surface area contributed by atoms with Crippen LogP contribution in [0.5, 0.6) is 5.75 Å². The molecule has 1 aliphatic rings. The van der Waals surface area contributed by atoms with Crippen molar-refractivity contribution in [2.45, 2.75) is 38.5 Å². The van der Waals surface area contributed by atoms with Gasteiger partial charge in [-0.3, -0.25) is 4.79 Å². The Morgan fingerprint density at radius 3 is 2.56 bits per heavy atom. The molecule has 0 saturated heterocycles. The Kier molecular flexibility index (Phi) is 7.35. The van der Waals surface area contributed by atoms with Gasteiger partial charge in [0.2, 0.25) is 5.91 Å². The number of nitrogens with zero attached hydrogens (tertiary/aromatic N) is 2. The minimum atomic E-state index is -4.37. The summed E-state index contributed by atoms with van der Waals surface area (Å²) in [5.41, 5.74) is 2.06. The Balaban J connectivity index is 1.34. The minimum Gasteiger partial charge on any atom is -0.494 e. The van der Waals surface area contributed by atoms with Crippen molar-refractivity contribution < 1.29 is 22.7 Å². The monoisotopic (exact) mass is 469 g/mol. The Hall–Kier alpha value is -3.55. The van der Waals surface area contributed by atoms with E-state index in [-0.39, 0.29) is 12.5 Å². The van der Waals surface area contributed by atoms with Crippen molar-refractivity contribution >= 4 is 11.7 Å². The van der Waals surface area contributed by atoms with E-state index in [1.807, 2.05) is 36.4 Å². The van der Waals surface area contributed by atoms with Gasteiger partial charge in [0, 0.05) is 32.3 Å². The minimum absolute atomic E-state index is 0.0147. The molecule has 1 aliphatic heterocycles. The van der Waals surface area contributed by atoms with Crippen LogP contribution in [-0.2, 0) is 30.5 Å². The molecule has 1 aromatic heterocycles. The first-order chi connectivity index (χ1) is 16.4. The summed E-state index contributed by atoms with van der Waals surface area (Å²) >= 11 is 0. The number of alkyl halides is 3. The standard InChI is InChI=1S/C26H26F3N3O2/c27-26(28,29)22-9-5-19(6-10-22)17-32-18-21-16-23(11-7-20(21)8-12-25(32)33)34-15-3-14-31-24-4-1-2-13-30-24/h1-2,4-7,9-11,13,16H,3,8,12,14-15,17-18H2,(H,30,31). The second-order valence-electron chi connectivity index (χ2n) is 8.22. The van der Waals surface area contributed by atoms with Crippen molar-refractivity contribution in [2.24, 2.45) is 0 Å². The van der Waals surface area contributed by atoms with E-state index in [0.717, 1.165) is 47.8 Å². The van der Waals surface area contributed by atoms with Crippen molar-refractivity contribution in [1.29, 1.82) is 0 Å². The van der Waals surface area contributed by atoms with E-state index in [0.29, 0.717) is 31.6 Å². The van der Waals surface area contributed by atoms with E-state index in [1.165, 1.54) is 12.1 Å². The van der Waals surface area contributed by atoms with Crippen LogP contribution in [0.15, 0.2) is 66.9 Å². The van der Waals surface area contributed by atoms with E-state index in [1.54, 1.807) is 11.1 Å². The number of fused-ring (bicyclic) bond motifs is 1. The maximum Gasteiger partial charge on any atom is 0.416 e. The predicted octanol–water partition coefficient (Wildman–Crippen LogP) is 5.46. The van der Waals surface area contributed by atoms with Gasteiger partial charge in [0.05, 0.1) is 12.2 Å². The maximum atomic E-state index is 12.8. The molecule has 0 fully saturated rings. The lowest BCUT2D eigenvalue weighted by Crippen LogP contribution is -2.28. The number of nitrogens with one attached hydrogen (secondary N) is 1. The molecule has 8 heteroatoms. The number of aromatic nitrogens is 1. The quantitative estimate of drug-likeness (QED) is 0.446. The van der Waals surface area contributed by atoms with Crippen LogP contribution < -0.4 is 10.1 Å². The normalized spacial score (nSPS) is 13.9. The fourth-order valence-electron chi connectivity index (χ4n) is 3.89. The zero-order chi connectivity index (χ0) is 24.0. The number of anilines is 1. The number of amides is 1. The summed E-state index contributed by atoms with van der Waals surface area (Å²) in [5, 5.41) is 3.24. The van der Waals surface area contributed by atoms with Gasteiger partial charge in [0.15, 0.2) is 0 Å². The topological polar surface area (TPSA) is 54.5 Å². The van der Waals surface area contributed by atoms with Crippen LogP contribution in [0.25, 0.3) is 0 Å². The van der Waals surface area contributed by atoms with Gasteiger partial charge in [0.1, 0.15) is 11.6 Å². The van der Waals surface area contributed by atoms with E-state index in [4.69, 9.17) is 4.74 Å². The third-order valence-corrected chi connectivity index (χ3v) is 5.72. The van der Waals surface area contributed by atoms with E-state index < -0.39 is 11.7 Å². The Bertz CT molecular complexity index is 1100. The van der Waals surface area contributed by atoms with Crippen LogP contribution in [0.1, 0.15) is 35.1 Å². The predicted molar refractivity (Wildman–Crippen MR) is 123 cm³/mol. The largest absolute Gasteiger partial charge is 0.494 e. The van der Waals surface area contributed by atoms with Crippen LogP contribution in [0, 0.1) is 0 Å². The van der Waals surface area contributed by atoms with Crippen LogP contribution >= 0.6 is 0 Å². The van der Waals surface area contributed by atoms with E-state index in [2.05, 4.69) is 10.3 Å². The molecule has 2 heterocycles. The number of aryl methyl sites for hydroxylation is 1. The molecule has 0 aliphatic carbocycles. The summed E-state index contributed by atoms with van der Waals surface area (Å²) in [6.07, 6.45) is -0.841. The number of pyridine rings is 1. The number of hydrogen-bond acceptors (Lipinski definition) is 4. The molecule has 0 saturated carbocycles. The van der Waals surface area contributed by atoms with Gasteiger partial charge >= 0.3 is 6.18 Å². The SMILES string of the molecule is O=C1CCc2ccc(OCCCNc3ccccn3)cc2CN1Cc1ccc(C(F)(F)F)cc1. The zero-order valence-corrected chi connectivity index (χ0v) is 18.6. The molecule has 0 radical (unpaired) electrons. The van der Waals surface area contributed by atoms with Crippen molar-refractivity contribution in [3.63, 3.8) is 0 Å². The summed E-state index contributed by atoms with van der Waals surface area (Å²) in [4.78, 5) is 18.6. The Labute approximate surface area is 196 Å². The smallest absolute Gasteiger partial charge is 0.416 e. The third-order valence-electron chi connectivity index (χ3n) is 5.72. The number of carbonyl (C=O) groups excluding carboxylic acids is 1. The fourth-order valence-corrected chi connectivity index (χ4v) is 3.89. The molecule has 5 nitrogen and oxygen atoms in total. The highest BCUT2D eigenvalue weighted by Gasteiger charge is 2.30. The molecule has 3 aromatic rings. The van der Waals surface area contributed by atoms with Crippen LogP contribution in [-0.4, -0.2) is 28.9 Å². The molecule has 0 atom stereocenters. The molecule has 34 heavy (non-hydrogen) atoms. The van der Waals surface area contributed by atoms with Gasteiger partial charge in [-0.15, -0.1) is 0 Å². The van der Waals surface area contributed by atoms with E-state index >= 15 is 0 Å². The summed E-state index contributed by atoms with van der Waals surface area (Å²) in [6.45, 7) is 1.93. The molecule has 1 amide bonds. The molecule has 2 aromatic carbocycles. The van der Waals surface area contributed by atoms with Gasteiger partial charge in [-0.25, -0.2) is 4.98 Å². The third kappa shape index (κ3) is 6.27. The lowest BCUT2D eigenvalue weighted by molar-refractivity contribution is -0.137. The highest BCUT2D eigenvalue weighted by Crippen LogP contribution is 2.30. The zero-order valence-electron chi connectivity index (χ0n) is 18.6. The molecular formula is C26H26F3N3O2. The second-order valence-corrected chi connectivity index (χ2v) is 8.22. The van der Waals surface area contributed by atoms with Gasteiger partial charge in [-0.2, -0.15) is 13.2 Å². The number of rotatable bonds is 8. The molecule has 4 rings (SSSR count). The molecule has 178 valence electrons. The van der Waals surface area contributed by atoms with Gasteiger partial charge in [-0.05, 0) is 65.9 Å². The first kappa shape index (κ1) is 23.6. The van der Waals surface area contributed by atoms with Gasteiger partial charge in [0.25, 0.3) is 0 Å². The van der Waals surface area contributed by atoms with Crippen LogP contribution in [0.3, 0.4) is 0 Å². The first-order valence-electron chi connectivity index (χ1n) is 11.2. The number of halogens is 3. The number of benzene rings is 2. The molecular weight excluding hydrogens is 443 g/mol. The highest BCUT2D eigenvalue weighted by molar-refractivity contribution is 5.77. The molecule has 0 unspecified atom stereocenters. The molecule has 0 bridgehead atoms. The number of carbonyl (C=O) groups is 1. The second kappa shape index (κ2) is 10.6.